The lowest BCUT2D eigenvalue weighted by Crippen LogP contribution is -2.09. The van der Waals surface area contributed by atoms with Crippen LogP contribution < -0.4 is 5.32 Å². The Labute approximate surface area is 106 Å². The summed E-state index contributed by atoms with van der Waals surface area (Å²) in [6, 6.07) is 2.04. The van der Waals surface area contributed by atoms with Crippen LogP contribution in [0.4, 0.5) is 13.2 Å². The first-order valence-electron chi connectivity index (χ1n) is 5.24. The summed E-state index contributed by atoms with van der Waals surface area (Å²) in [7, 11) is 1.80. The topological polar surface area (TPSA) is 37.8 Å². The van der Waals surface area contributed by atoms with Gasteiger partial charge in [-0.05, 0) is 19.2 Å². The Balaban J connectivity index is 2.31. The minimum atomic E-state index is -1.49. The molecule has 0 spiro atoms. The van der Waals surface area contributed by atoms with Crippen LogP contribution in [0.25, 0.3) is 10.6 Å². The summed E-state index contributed by atoms with van der Waals surface area (Å²) in [6.07, 6.45) is 0.652. The summed E-state index contributed by atoms with van der Waals surface area (Å²) in [5, 5.41) is 11.6. The van der Waals surface area contributed by atoms with E-state index in [0.29, 0.717) is 11.4 Å². The zero-order chi connectivity index (χ0) is 13.1. The Morgan fingerprint density at radius 2 is 1.94 bits per heavy atom. The van der Waals surface area contributed by atoms with Crippen molar-refractivity contribution >= 4 is 11.3 Å². The third kappa shape index (κ3) is 2.51. The van der Waals surface area contributed by atoms with Crippen molar-refractivity contribution in [3.05, 3.63) is 34.6 Å². The van der Waals surface area contributed by atoms with Gasteiger partial charge in [0.1, 0.15) is 5.01 Å². The van der Waals surface area contributed by atoms with E-state index in [9.17, 15) is 13.2 Å². The standard InChI is InChI=1S/C11H10F3N3S/c1-15-5-4-8-16-17-11(18-8)6-2-3-7(12)10(14)9(6)13/h2-3,15H,4-5H2,1H3. The van der Waals surface area contributed by atoms with Gasteiger partial charge in [-0.2, -0.15) is 0 Å². The van der Waals surface area contributed by atoms with Crippen LogP contribution in [0, 0.1) is 17.5 Å². The van der Waals surface area contributed by atoms with Gasteiger partial charge < -0.3 is 5.32 Å². The van der Waals surface area contributed by atoms with Crippen molar-refractivity contribution in [2.75, 3.05) is 13.6 Å². The molecule has 1 aromatic heterocycles. The van der Waals surface area contributed by atoms with Crippen molar-refractivity contribution in [3.8, 4) is 10.6 Å². The van der Waals surface area contributed by atoms with E-state index in [4.69, 9.17) is 0 Å². The van der Waals surface area contributed by atoms with Crippen molar-refractivity contribution in [2.45, 2.75) is 6.42 Å². The second kappa shape index (κ2) is 5.45. The molecule has 0 aliphatic carbocycles. The third-order valence-corrected chi connectivity index (χ3v) is 3.34. The first-order chi connectivity index (χ1) is 8.63. The molecule has 96 valence electrons. The van der Waals surface area contributed by atoms with E-state index in [1.807, 2.05) is 0 Å². The second-order valence-corrected chi connectivity index (χ2v) is 4.64. The Hall–Kier alpha value is -1.47. The van der Waals surface area contributed by atoms with E-state index in [0.717, 1.165) is 30.0 Å². The second-order valence-electron chi connectivity index (χ2n) is 3.58. The van der Waals surface area contributed by atoms with E-state index in [1.165, 1.54) is 0 Å². The molecule has 0 atom stereocenters. The lowest BCUT2D eigenvalue weighted by molar-refractivity contribution is 0.449. The summed E-state index contributed by atoms with van der Waals surface area (Å²) >= 11 is 1.16. The van der Waals surface area contributed by atoms with Gasteiger partial charge in [-0.25, -0.2) is 13.2 Å². The van der Waals surface area contributed by atoms with Crippen molar-refractivity contribution in [2.24, 2.45) is 0 Å². The van der Waals surface area contributed by atoms with Crippen LogP contribution in [-0.4, -0.2) is 23.8 Å². The van der Waals surface area contributed by atoms with Gasteiger partial charge in [0.2, 0.25) is 0 Å². The van der Waals surface area contributed by atoms with Crippen LogP contribution >= 0.6 is 11.3 Å². The Kier molecular flexibility index (Phi) is 3.93. The van der Waals surface area contributed by atoms with Gasteiger partial charge in [-0.1, -0.05) is 11.3 Å². The molecule has 0 unspecified atom stereocenters. The Morgan fingerprint density at radius 1 is 1.17 bits per heavy atom. The number of benzene rings is 1. The van der Waals surface area contributed by atoms with E-state index < -0.39 is 17.5 Å². The molecular weight excluding hydrogens is 263 g/mol. The number of aromatic nitrogens is 2. The molecule has 1 aromatic carbocycles. The van der Waals surface area contributed by atoms with Crippen LogP contribution in [-0.2, 0) is 6.42 Å². The maximum atomic E-state index is 13.5. The summed E-state index contributed by atoms with van der Waals surface area (Å²) in [5.74, 6) is -3.93. The van der Waals surface area contributed by atoms with Crippen LogP contribution in [0.2, 0.25) is 0 Å². The largest absolute Gasteiger partial charge is 0.319 e. The number of hydrogen-bond acceptors (Lipinski definition) is 4. The zero-order valence-electron chi connectivity index (χ0n) is 9.51. The van der Waals surface area contributed by atoms with Crippen LogP contribution in [0.5, 0.6) is 0 Å². The number of rotatable bonds is 4. The van der Waals surface area contributed by atoms with Gasteiger partial charge in [0.05, 0.1) is 5.56 Å². The molecule has 2 aromatic rings. The summed E-state index contributed by atoms with van der Waals surface area (Å²) in [6.45, 7) is 0.717. The molecule has 18 heavy (non-hydrogen) atoms. The van der Waals surface area contributed by atoms with E-state index >= 15 is 0 Å². The highest BCUT2D eigenvalue weighted by molar-refractivity contribution is 7.14. The average molecular weight is 273 g/mol. The number of halogens is 3. The lowest BCUT2D eigenvalue weighted by atomic mass is 10.2. The molecule has 0 amide bonds. The molecule has 2 rings (SSSR count). The molecule has 1 N–H and O–H groups in total. The first-order valence-corrected chi connectivity index (χ1v) is 6.06. The SMILES string of the molecule is CNCCc1nnc(-c2ccc(F)c(F)c2F)s1. The van der Waals surface area contributed by atoms with Crippen molar-refractivity contribution < 1.29 is 13.2 Å². The van der Waals surface area contributed by atoms with Gasteiger partial charge >= 0.3 is 0 Å². The fourth-order valence-electron chi connectivity index (χ4n) is 1.39. The Bertz CT molecular complexity index is 556. The number of likely N-dealkylation sites (N-methyl/N-ethyl adjacent to an activating group) is 1. The molecule has 0 saturated carbocycles. The van der Waals surface area contributed by atoms with Gasteiger partial charge in [-0.3, -0.25) is 0 Å². The van der Waals surface area contributed by atoms with Crippen molar-refractivity contribution in [1.29, 1.82) is 0 Å². The fourth-order valence-corrected chi connectivity index (χ4v) is 2.24. The normalized spacial score (nSPS) is 10.9. The molecule has 1 heterocycles. The molecule has 3 nitrogen and oxygen atoms in total. The average Bonchev–Trinajstić information content (AvgIpc) is 2.82. The van der Waals surface area contributed by atoms with E-state index in [-0.39, 0.29) is 10.6 Å². The Morgan fingerprint density at radius 3 is 2.67 bits per heavy atom. The predicted molar refractivity (Wildman–Crippen MR) is 62.8 cm³/mol. The summed E-state index contributed by atoms with van der Waals surface area (Å²) in [5.41, 5.74) is -0.0675. The molecule has 0 radical (unpaired) electrons. The van der Waals surface area contributed by atoms with Crippen molar-refractivity contribution in [3.63, 3.8) is 0 Å². The highest BCUT2D eigenvalue weighted by atomic mass is 32.1. The molecule has 0 saturated heterocycles. The van der Waals surface area contributed by atoms with Crippen LogP contribution in [0.15, 0.2) is 12.1 Å². The first kappa shape index (κ1) is 13.0. The van der Waals surface area contributed by atoms with Gasteiger partial charge in [-0.15, -0.1) is 10.2 Å². The van der Waals surface area contributed by atoms with Gasteiger partial charge in [0, 0.05) is 13.0 Å². The summed E-state index contributed by atoms with van der Waals surface area (Å²) < 4.78 is 39.4. The number of hydrogen-bond donors (Lipinski definition) is 1. The third-order valence-electron chi connectivity index (χ3n) is 2.32. The quantitative estimate of drug-likeness (QED) is 0.869. The van der Waals surface area contributed by atoms with Gasteiger partial charge in [0.15, 0.2) is 22.5 Å². The molecule has 0 bridgehead atoms. The summed E-state index contributed by atoms with van der Waals surface area (Å²) in [4.78, 5) is 0. The predicted octanol–water partition coefficient (Wildman–Crippen LogP) is 2.38. The monoisotopic (exact) mass is 273 g/mol. The highest BCUT2D eigenvalue weighted by Crippen LogP contribution is 2.28. The van der Waals surface area contributed by atoms with Crippen LogP contribution in [0.3, 0.4) is 0 Å². The van der Waals surface area contributed by atoms with E-state index in [1.54, 1.807) is 7.05 Å². The smallest absolute Gasteiger partial charge is 0.195 e. The van der Waals surface area contributed by atoms with Gasteiger partial charge in [0.25, 0.3) is 0 Å². The van der Waals surface area contributed by atoms with Crippen LogP contribution in [0.1, 0.15) is 5.01 Å². The molecule has 0 fully saturated rings. The molecule has 0 aliphatic rings. The maximum absolute atomic E-state index is 13.5. The van der Waals surface area contributed by atoms with E-state index in [2.05, 4.69) is 15.5 Å². The minimum Gasteiger partial charge on any atom is -0.319 e. The minimum absolute atomic E-state index is 0.0675. The molecule has 7 heteroatoms. The number of nitrogens with one attached hydrogen (secondary N) is 1. The molecule has 0 aliphatic heterocycles. The van der Waals surface area contributed by atoms with Crippen molar-refractivity contribution in [1.82, 2.24) is 15.5 Å². The molecular formula is C11H10F3N3S. The zero-order valence-corrected chi connectivity index (χ0v) is 10.3. The highest BCUT2D eigenvalue weighted by Gasteiger charge is 2.17. The number of nitrogens with zero attached hydrogens (tertiary/aromatic N) is 2. The fraction of sp³-hybridized carbons (Fsp3) is 0.273. The maximum Gasteiger partial charge on any atom is 0.195 e. The lowest BCUT2D eigenvalue weighted by Gasteiger charge is -2.00.